The molecule has 0 spiro atoms. The molecule has 21 heavy (non-hydrogen) atoms. The number of anilines is 1. The first-order chi connectivity index (χ1) is 10.2. The number of nitrogens with zero attached hydrogens (tertiary/aromatic N) is 2. The maximum absolute atomic E-state index is 12.8. The molecule has 3 nitrogen and oxygen atoms in total. The lowest BCUT2D eigenvalue weighted by molar-refractivity contribution is -0.120. The van der Waals surface area contributed by atoms with Crippen LogP contribution in [0.4, 0.5) is 5.69 Å². The Kier molecular flexibility index (Phi) is 3.76. The molecule has 0 aliphatic heterocycles. The van der Waals surface area contributed by atoms with Gasteiger partial charge in [-0.25, -0.2) is 0 Å². The summed E-state index contributed by atoms with van der Waals surface area (Å²) in [5.41, 5.74) is 2.55. The molecule has 0 saturated carbocycles. The van der Waals surface area contributed by atoms with Gasteiger partial charge in [-0.1, -0.05) is 6.07 Å². The van der Waals surface area contributed by atoms with Gasteiger partial charge in [0.05, 0.1) is 17.6 Å². The lowest BCUT2D eigenvalue weighted by Crippen LogP contribution is -2.33. The second-order valence-corrected chi connectivity index (χ2v) is 6.30. The summed E-state index contributed by atoms with van der Waals surface area (Å²) >= 11 is 1.75. The first-order valence-electron chi connectivity index (χ1n) is 7.04. The largest absolute Gasteiger partial charge is 0.315 e. The van der Waals surface area contributed by atoms with E-state index < -0.39 is 0 Å². The molecule has 1 amide bonds. The summed E-state index contributed by atoms with van der Waals surface area (Å²) < 4.78 is 0. The molecule has 2 aromatic rings. The average molecular weight is 296 g/mol. The number of rotatable bonds is 2. The Morgan fingerprint density at radius 1 is 1.43 bits per heavy atom. The third-order valence-electron chi connectivity index (χ3n) is 4.04. The highest BCUT2D eigenvalue weighted by molar-refractivity contribution is 7.10. The zero-order valence-corrected chi connectivity index (χ0v) is 12.7. The Bertz CT molecular complexity index is 714. The summed E-state index contributed by atoms with van der Waals surface area (Å²) in [4.78, 5) is 15.8. The molecule has 1 heterocycles. The minimum absolute atomic E-state index is 0.0456. The van der Waals surface area contributed by atoms with E-state index in [4.69, 9.17) is 5.26 Å². The Hall–Kier alpha value is -2.12. The summed E-state index contributed by atoms with van der Waals surface area (Å²) in [6, 6.07) is 11.4. The second-order valence-electron chi connectivity index (χ2n) is 5.30. The van der Waals surface area contributed by atoms with Gasteiger partial charge in [0.1, 0.15) is 0 Å². The lowest BCUT2D eigenvalue weighted by Gasteiger charge is -2.27. The molecule has 4 heteroatoms. The van der Waals surface area contributed by atoms with Gasteiger partial charge in [-0.3, -0.25) is 4.79 Å². The maximum Gasteiger partial charge on any atom is 0.234 e. The molecular weight excluding hydrogens is 280 g/mol. The van der Waals surface area contributed by atoms with Crippen LogP contribution in [0.2, 0.25) is 0 Å². The van der Waals surface area contributed by atoms with E-state index in [-0.39, 0.29) is 11.8 Å². The standard InChI is InChI=1S/C17H16N2OS/c1-19(13-5-2-4-12(10-13)11-18)17(20)15-6-3-7-16-14(15)8-9-21-16/h2,4-5,8-10,15H,3,6-7H2,1H3. The van der Waals surface area contributed by atoms with Crippen molar-refractivity contribution in [3.8, 4) is 6.07 Å². The van der Waals surface area contributed by atoms with Crippen LogP contribution in [0.1, 0.15) is 34.8 Å². The molecule has 1 aromatic carbocycles. The lowest BCUT2D eigenvalue weighted by atomic mass is 9.86. The Morgan fingerprint density at radius 2 is 2.29 bits per heavy atom. The van der Waals surface area contributed by atoms with E-state index in [1.165, 1.54) is 10.4 Å². The van der Waals surface area contributed by atoms with Gasteiger partial charge in [0.15, 0.2) is 0 Å². The molecule has 3 rings (SSSR count). The van der Waals surface area contributed by atoms with Crippen LogP contribution in [0.25, 0.3) is 0 Å². The number of hydrogen-bond acceptors (Lipinski definition) is 3. The summed E-state index contributed by atoms with van der Waals surface area (Å²) in [6.07, 6.45) is 3.06. The predicted octanol–water partition coefficient (Wildman–Crippen LogP) is 3.70. The van der Waals surface area contributed by atoms with E-state index >= 15 is 0 Å². The fourth-order valence-corrected chi connectivity index (χ4v) is 3.88. The summed E-state index contributed by atoms with van der Waals surface area (Å²) in [6.45, 7) is 0. The fraction of sp³-hybridized carbons (Fsp3) is 0.294. The molecule has 1 aliphatic carbocycles. The van der Waals surface area contributed by atoms with Crippen molar-refractivity contribution in [2.24, 2.45) is 0 Å². The summed E-state index contributed by atoms with van der Waals surface area (Å²) in [5.74, 6) is 0.0696. The zero-order chi connectivity index (χ0) is 14.8. The molecule has 106 valence electrons. The minimum atomic E-state index is -0.0456. The van der Waals surface area contributed by atoms with Crippen molar-refractivity contribution in [1.82, 2.24) is 0 Å². The van der Waals surface area contributed by atoms with E-state index in [0.717, 1.165) is 24.9 Å². The number of benzene rings is 1. The van der Waals surface area contributed by atoms with Crippen LogP contribution in [-0.2, 0) is 11.2 Å². The number of amides is 1. The van der Waals surface area contributed by atoms with Gasteiger partial charge in [-0.05, 0) is 54.5 Å². The van der Waals surface area contributed by atoms with Crippen molar-refractivity contribution in [2.45, 2.75) is 25.2 Å². The molecule has 1 atom stereocenters. The van der Waals surface area contributed by atoms with Gasteiger partial charge in [-0.15, -0.1) is 11.3 Å². The van der Waals surface area contributed by atoms with Crippen LogP contribution in [-0.4, -0.2) is 13.0 Å². The summed E-state index contributed by atoms with van der Waals surface area (Å²) in [5, 5.41) is 11.1. The molecule has 0 radical (unpaired) electrons. The highest BCUT2D eigenvalue weighted by atomic mass is 32.1. The van der Waals surface area contributed by atoms with Crippen LogP contribution < -0.4 is 4.90 Å². The quantitative estimate of drug-likeness (QED) is 0.848. The van der Waals surface area contributed by atoms with Crippen molar-refractivity contribution < 1.29 is 4.79 Å². The number of carbonyl (C=O) groups is 1. The van der Waals surface area contributed by atoms with E-state index in [0.29, 0.717) is 5.56 Å². The van der Waals surface area contributed by atoms with Crippen molar-refractivity contribution in [2.75, 3.05) is 11.9 Å². The smallest absolute Gasteiger partial charge is 0.234 e. The number of thiophene rings is 1. The molecule has 1 aliphatic rings. The number of carbonyl (C=O) groups excluding carboxylic acids is 1. The monoisotopic (exact) mass is 296 g/mol. The van der Waals surface area contributed by atoms with E-state index in [2.05, 4.69) is 17.5 Å². The van der Waals surface area contributed by atoms with Gasteiger partial charge >= 0.3 is 0 Å². The highest BCUT2D eigenvalue weighted by Gasteiger charge is 2.29. The van der Waals surface area contributed by atoms with E-state index in [9.17, 15) is 4.79 Å². The maximum atomic E-state index is 12.8. The van der Waals surface area contributed by atoms with Crippen LogP contribution in [0, 0.1) is 11.3 Å². The van der Waals surface area contributed by atoms with Crippen LogP contribution in [0.5, 0.6) is 0 Å². The van der Waals surface area contributed by atoms with Crippen LogP contribution in [0.3, 0.4) is 0 Å². The van der Waals surface area contributed by atoms with Gasteiger partial charge in [0.2, 0.25) is 5.91 Å². The Morgan fingerprint density at radius 3 is 3.10 bits per heavy atom. The van der Waals surface area contributed by atoms with Crippen molar-refractivity contribution in [3.05, 3.63) is 51.7 Å². The van der Waals surface area contributed by atoms with E-state index in [1.54, 1.807) is 35.4 Å². The molecule has 0 fully saturated rings. The third-order valence-corrected chi connectivity index (χ3v) is 5.04. The SMILES string of the molecule is CN(C(=O)C1CCCc2sccc21)c1cccc(C#N)c1. The molecule has 0 bridgehead atoms. The highest BCUT2D eigenvalue weighted by Crippen LogP contribution is 2.36. The Labute approximate surface area is 128 Å². The summed E-state index contributed by atoms with van der Waals surface area (Å²) in [7, 11) is 1.79. The number of aryl methyl sites for hydroxylation is 1. The molecule has 0 saturated heterocycles. The molecule has 0 N–H and O–H groups in total. The van der Waals surface area contributed by atoms with Crippen molar-refractivity contribution in [3.63, 3.8) is 0 Å². The minimum Gasteiger partial charge on any atom is -0.315 e. The third kappa shape index (κ3) is 2.57. The molecule has 1 aromatic heterocycles. The van der Waals surface area contributed by atoms with E-state index in [1.807, 2.05) is 12.1 Å². The zero-order valence-electron chi connectivity index (χ0n) is 11.9. The van der Waals surface area contributed by atoms with Crippen LogP contribution in [0.15, 0.2) is 35.7 Å². The second kappa shape index (κ2) is 5.71. The van der Waals surface area contributed by atoms with Crippen molar-refractivity contribution >= 4 is 22.9 Å². The van der Waals surface area contributed by atoms with Gasteiger partial charge in [-0.2, -0.15) is 5.26 Å². The average Bonchev–Trinajstić information content (AvgIpc) is 3.02. The first kappa shape index (κ1) is 13.8. The normalized spacial score (nSPS) is 16.9. The number of nitriles is 1. The molecular formula is C17H16N2OS. The number of hydrogen-bond donors (Lipinski definition) is 0. The topological polar surface area (TPSA) is 44.1 Å². The molecule has 1 unspecified atom stereocenters. The number of likely N-dealkylation sites (N-methyl/N-ethyl adjacent to an activating group) is 1. The van der Waals surface area contributed by atoms with Crippen LogP contribution >= 0.6 is 11.3 Å². The predicted molar refractivity (Wildman–Crippen MR) is 84.6 cm³/mol. The van der Waals surface area contributed by atoms with Gasteiger partial charge in [0.25, 0.3) is 0 Å². The number of fused-ring (bicyclic) bond motifs is 1. The van der Waals surface area contributed by atoms with Gasteiger partial charge in [0, 0.05) is 17.6 Å². The first-order valence-corrected chi connectivity index (χ1v) is 7.92. The van der Waals surface area contributed by atoms with Gasteiger partial charge < -0.3 is 4.90 Å². The Balaban J connectivity index is 1.88. The van der Waals surface area contributed by atoms with Crippen molar-refractivity contribution in [1.29, 1.82) is 5.26 Å². The fourth-order valence-electron chi connectivity index (χ4n) is 2.89.